The summed E-state index contributed by atoms with van der Waals surface area (Å²) < 4.78 is 0. The third-order valence-electron chi connectivity index (χ3n) is 3.29. The molecule has 1 aliphatic rings. The van der Waals surface area contributed by atoms with Crippen molar-refractivity contribution in [3.05, 3.63) is 35.4 Å². The molecule has 0 unspecified atom stereocenters. The highest BCUT2D eigenvalue weighted by Crippen LogP contribution is 2.29. The molecule has 5 nitrogen and oxygen atoms in total. The Morgan fingerprint density at radius 2 is 1.80 bits per heavy atom. The van der Waals surface area contributed by atoms with Gasteiger partial charge in [0.15, 0.2) is 5.78 Å². The Morgan fingerprint density at radius 1 is 1.10 bits per heavy atom. The zero-order valence-corrected chi connectivity index (χ0v) is 11.4. The van der Waals surface area contributed by atoms with Crippen molar-refractivity contribution in [1.29, 1.82) is 0 Å². The molecule has 1 saturated carbocycles. The molecule has 0 radical (unpaired) electrons. The molecule has 1 aromatic carbocycles. The third-order valence-corrected chi connectivity index (χ3v) is 3.29. The fourth-order valence-electron chi connectivity index (χ4n) is 1.88. The van der Waals surface area contributed by atoms with Crippen LogP contribution in [-0.2, 0) is 9.59 Å². The van der Waals surface area contributed by atoms with Gasteiger partial charge < -0.3 is 10.6 Å². The number of carbonyl (C=O) groups is 3. The van der Waals surface area contributed by atoms with Crippen LogP contribution in [0.4, 0.5) is 0 Å². The highest BCUT2D eigenvalue weighted by molar-refractivity contribution is 5.98. The van der Waals surface area contributed by atoms with Crippen LogP contribution in [0.2, 0.25) is 0 Å². The van der Waals surface area contributed by atoms with Gasteiger partial charge in [-0.15, -0.1) is 0 Å². The van der Waals surface area contributed by atoms with E-state index in [1.165, 1.54) is 0 Å². The average molecular weight is 274 g/mol. The fraction of sp³-hybridized carbons (Fsp3) is 0.400. The lowest BCUT2D eigenvalue weighted by Crippen LogP contribution is -2.39. The van der Waals surface area contributed by atoms with Crippen LogP contribution in [-0.4, -0.2) is 30.7 Å². The monoisotopic (exact) mass is 274 g/mol. The SMILES string of the molecule is Cc1ccccc1C(=O)NCC(=O)NCC(=O)C1CC1. The van der Waals surface area contributed by atoms with E-state index in [0.29, 0.717) is 5.56 Å². The van der Waals surface area contributed by atoms with E-state index in [9.17, 15) is 14.4 Å². The zero-order chi connectivity index (χ0) is 14.5. The molecular weight excluding hydrogens is 256 g/mol. The molecule has 1 aliphatic carbocycles. The lowest BCUT2D eigenvalue weighted by Gasteiger charge is -2.08. The molecule has 0 spiro atoms. The first kappa shape index (κ1) is 14.2. The molecule has 5 heteroatoms. The number of hydrogen-bond donors (Lipinski definition) is 2. The van der Waals surface area contributed by atoms with Crippen molar-refractivity contribution in [3.63, 3.8) is 0 Å². The van der Waals surface area contributed by atoms with Crippen molar-refractivity contribution in [2.45, 2.75) is 19.8 Å². The maximum atomic E-state index is 11.9. The molecule has 20 heavy (non-hydrogen) atoms. The second-order valence-electron chi connectivity index (χ2n) is 5.01. The van der Waals surface area contributed by atoms with E-state index in [1.54, 1.807) is 12.1 Å². The van der Waals surface area contributed by atoms with Crippen LogP contribution in [0, 0.1) is 12.8 Å². The van der Waals surface area contributed by atoms with Crippen molar-refractivity contribution in [2.75, 3.05) is 13.1 Å². The fourth-order valence-corrected chi connectivity index (χ4v) is 1.88. The number of hydrogen-bond acceptors (Lipinski definition) is 3. The summed E-state index contributed by atoms with van der Waals surface area (Å²) in [6.45, 7) is 1.78. The summed E-state index contributed by atoms with van der Waals surface area (Å²) in [5.41, 5.74) is 1.41. The minimum atomic E-state index is -0.346. The van der Waals surface area contributed by atoms with Gasteiger partial charge in [0.25, 0.3) is 5.91 Å². The first-order chi connectivity index (χ1) is 9.58. The summed E-state index contributed by atoms with van der Waals surface area (Å²) in [5.74, 6) is -0.423. The number of amides is 2. The molecular formula is C15H18N2O3. The smallest absolute Gasteiger partial charge is 0.251 e. The van der Waals surface area contributed by atoms with E-state index in [1.807, 2.05) is 19.1 Å². The van der Waals surface area contributed by atoms with E-state index < -0.39 is 0 Å². The van der Waals surface area contributed by atoms with Gasteiger partial charge in [-0.25, -0.2) is 0 Å². The minimum Gasteiger partial charge on any atom is -0.347 e. The van der Waals surface area contributed by atoms with Crippen LogP contribution in [0.5, 0.6) is 0 Å². The third kappa shape index (κ3) is 3.91. The molecule has 0 aliphatic heterocycles. The van der Waals surface area contributed by atoms with Gasteiger partial charge in [-0.3, -0.25) is 14.4 Å². The van der Waals surface area contributed by atoms with Gasteiger partial charge in [-0.05, 0) is 31.4 Å². The van der Waals surface area contributed by atoms with Gasteiger partial charge in [0.1, 0.15) is 0 Å². The number of carbonyl (C=O) groups excluding carboxylic acids is 3. The predicted molar refractivity (Wildman–Crippen MR) is 74.3 cm³/mol. The molecule has 0 saturated heterocycles. The molecule has 106 valence electrons. The van der Waals surface area contributed by atoms with Gasteiger partial charge in [-0.2, -0.15) is 0 Å². The molecule has 0 heterocycles. The molecule has 2 amide bonds. The van der Waals surface area contributed by atoms with Gasteiger partial charge in [0, 0.05) is 11.5 Å². The molecule has 0 atom stereocenters. The van der Waals surface area contributed by atoms with Crippen molar-refractivity contribution < 1.29 is 14.4 Å². The Bertz CT molecular complexity index is 536. The van der Waals surface area contributed by atoms with E-state index >= 15 is 0 Å². The number of aryl methyl sites for hydroxylation is 1. The number of ketones is 1. The molecule has 1 fully saturated rings. The number of Topliss-reactive ketones (excluding diaryl/α,β-unsaturated/α-hetero) is 1. The van der Waals surface area contributed by atoms with Crippen LogP contribution in [0.3, 0.4) is 0 Å². The summed E-state index contributed by atoms with van der Waals surface area (Å²) in [4.78, 5) is 34.8. The summed E-state index contributed by atoms with van der Waals surface area (Å²) in [5, 5.41) is 5.07. The Balaban J connectivity index is 1.74. The Kier molecular flexibility index (Phi) is 4.50. The van der Waals surface area contributed by atoms with Gasteiger partial charge >= 0.3 is 0 Å². The van der Waals surface area contributed by atoms with Crippen LogP contribution in [0.1, 0.15) is 28.8 Å². The lowest BCUT2D eigenvalue weighted by atomic mass is 10.1. The molecule has 2 rings (SSSR count). The van der Waals surface area contributed by atoms with Crippen molar-refractivity contribution >= 4 is 17.6 Å². The van der Waals surface area contributed by atoms with E-state index in [-0.39, 0.29) is 36.6 Å². The second-order valence-corrected chi connectivity index (χ2v) is 5.01. The summed E-state index contributed by atoms with van der Waals surface area (Å²) in [7, 11) is 0. The number of nitrogens with one attached hydrogen (secondary N) is 2. The predicted octanol–water partition coefficient (Wildman–Crippen LogP) is 0.820. The van der Waals surface area contributed by atoms with Crippen LogP contribution < -0.4 is 10.6 Å². The van der Waals surface area contributed by atoms with Crippen LogP contribution in [0.15, 0.2) is 24.3 Å². The highest BCUT2D eigenvalue weighted by Gasteiger charge is 2.29. The van der Waals surface area contributed by atoms with E-state index in [2.05, 4.69) is 10.6 Å². The zero-order valence-electron chi connectivity index (χ0n) is 11.4. The van der Waals surface area contributed by atoms with Gasteiger partial charge in [0.05, 0.1) is 13.1 Å². The largest absolute Gasteiger partial charge is 0.347 e. The average Bonchev–Trinajstić information content (AvgIpc) is 3.27. The summed E-state index contributed by atoms with van der Waals surface area (Å²) >= 11 is 0. The normalized spacial score (nSPS) is 13.7. The van der Waals surface area contributed by atoms with Crippen molar-refractivity contribution in [3.8, 4) is 0 Å². The maximum absolute atomic E-state index is 11.9. The van der Waals surface area contributed by atoms with Gasteiger partial charge in [0.2, 0.25) is 5.91 Å². The Morgan fingerprint density at radius 3 is 2.45 bits per heavy atom. The van der Waals surface area contributed by atoms with Crippen molar-refractivity contribution in [2.24, 2.45) is 5.92 Å². The van der Waals surface area contributed by atoms with Crippen LogP contribution >= 0.6 is 0 Å². The summed E-state index contributed by atoms with van der Waals surface area (Å²) in [6, 6.07) is 7.17. The molecule has 1 aromatic rings. The molecule has 0 bridgehead atoms. The lowest BCUT2D eigenvalue weighted by molar-refractivity contribution is -0.125. The molecule has 0 aromatic heterocycles. The molecule has 2 N–H and O–H groups in total. The second kappa shape index (κ2) is 6.32. The minimum absolute atomic E-state index is 0.0593. The highest BCUT2D eigenvalue weighted by atomic mass is 16.2. The van der Waals surface area contributed by atoms with E-state index in [0.717, 1.165) is 18.4 Å². The quantitative estimate of drug-likeness (QED) is 0.806. The Hall–Kier alpha value is -2.17. The number of benzene rings is 1. The Labute approximate surface area is 117 Å². The number of rotatable bonds is 6. The first-order valence-electron chi connectivity index (χ1n) is 6.71. The van der Waals surface area contributed by atoms with Crippen molar-refractivity contribution in [1.82, 2.24) is 10.6 Å². The maximum Gasteiger partial charge on any atom is 0.251 e. The topological polar surface area (TPSA) is 75.3 Å². The summed E-state index contributed by atoms with van der Waals surface area (Å²) in [6.07, 6.45) is 1.86. The van der Waals surface area contributed by atoms with Gasteiger partial charge in [-0.1, -0.05) is 18.2 Å². The van der Waals surface area contributed by atoms with Crippen LogP contribution in [0.25, 0.3) is 0 Å². The first-order valence-corrected chi connectivity index (χ1v) is 6.71. The van der Waals surface area contributed by atoms with E-state index in [4.69, 9.17) is 0 Å². The standard InChI is InChI=1S/C15H18N2O3/c1-10-4-2-3-5-12(10)15(20)17-9-14(19)16-8-13(18)11-6-7-11/h2-5,11H,6-9H2,1H3,(H,16,19)(H,17,20).